The first kappa shape index (κ1) is 18.4. The molecule has 0 fully saturated rings. The van der Waals surface area contributed by atoms with Crippen molar-refractivity contribution in [3.63, 3.8) is 0 Å². The van der Waals surface area contributed by atoms with E-state index in [1.165, 1.54) is 6.33 Å². The van der Waals surface area contributed by atoms with Gasteiger partial charge < -0.3 is 15.2 Å². The lowest BCUT2D eigenvalue weighted by atomic mass is 9.99. The first-order valence-corrected chi connectivity index (χ1v) is 9.57. The number of benzene rings is 2. The van der Waals surface area contributed by atoms with E-state index in [2.05, 4.69) is 32.6 Å². The van der Waals surface area contributed by atoms with Crippen molar-refractivity contribution in [3.05, 3.63) is 58.4 Å². The molecule has 7 heteroatoms. The normalized spacial score (nSPS) is 10.8. The van der Waals surface area contributed by atoms with Crippen molar-refractivity contribution in [2.24, 2.45) is 0 Å². The van der Waals surface area contributed by atoms with Gasteiger partial charge in [0, 0.05) is 15.2 Å². The molecule has 4 rings (SSSR count). The second-order valence-electron chi connectivity index (χ2n) is 6.12. The lowest BCUT2D eigenvalue weighted by Crippen LogP contribution is -1.99. The maximum Gasteiger partial charge on any atom is 0.165 e. The summed E-state index contributed by atoms with van der Waals surface area (Å²) >= 11 is 2.28. The van der Waals surface area contributed by atoms with Crippen LogP contribution < -0.4 is 15.2 Å². The number of nitrogen functional groups attached to an aromatic ring is 1. The van der Waals surface area contributed by atoms with Crippen molar-refractivity contribution in [2.75, 3.05) is 20.0 Å². The van der Waals surface area contributed by atoms with E-state index in [4.69, 9.17) is 20.2 Å². The van der Waals surface area contributed by atoms with Crippen LogP contribution in [0.1, 0.15) is 0 Å². The minimum atomic E-state index is 0.378. The van der Waals surface area contributed by atoms with E-state index in [1.807, 2.05) is 48.5 Å². The fourth-order valence-electron chi connectivity index (χ4n) is 3.05. The SMILES string of the molecule is COc1cc(OC)cc(-c2cc(-c3ccc(I)cc3)nc3ncnc(N)c23)c1. The smallest absolute Gasteiger partial charge is 0.165 e. The Hall–Kier alpha value is -2.94. The van der Waals surface area contributed by atoms with Crippen LogP contribution >= 0.6 is 22.6 Å². The van der Waals surface area contributed by atoms with E-state index in [1.54, 1.807) is 14.2 Å². The third-order valence-electron chi connectivity index (χ3n) is 4.44. The van der Waals surface area contributed by atoms with Gasteiger partial charge >= 0.3 is 0 Å². The zero-order chi connectivity index (χ0) is 19.7. The lowest BCUT2D eigenvalue weighted by Gasteiger charge is -2.13. The molecule has 2 heterocycles. The van der Waals surface area contributed by atoms with Gasteiger partial charge in [-0.1, -0.05) is 12.1 Å². The summed E-state index contributed by atoms with van der Waals surface area (Å²) in [6, 6.07) is 15.9. The highest BCUT2D eigenvalue weighted by atomic mass is 127. The summed E-state index contributed by atoms with van der Waals surface area (Å²) in [6.07, 6.45) is 1.43. The number of fused-ring (bicyclic) bond motifs is 1. The number of rotatable bonds is 4. The van der Waals surface area contributed by atoms with Crippen LogP contribution in [0.3, 0.4) is 0 Å². The largest absolute Gasteiger partial charge is 0.497 e. The van der Waals surface area contributed by atoms with Crippen molar-refractivity contribution in [3.8, 4) is 33.9 Å². The van der Waals surface area contributed by atoms with Gasteiger partial charge in [-0.15, -0.1) is 0 Å². The molecule has 0 aliphatic carbocycles. The maximum atomic E-state index is 6.19. The number of pyridine rings is 1. The van der Waals surface area contributed by atoms with Crippen molar-refractivity contribution in [2.45, 2.75) is 0 Å². The molecule has 2 aromatic heterocycles. The van der Waals surface area contributed by atoms with Crippen LogP contribution in [0.15, 0.2) is 54.9 Å². The van der Waals surface area contributed by atoms with E-state index in [0.717, 1.165) is 26.0 Å². The minimum Gasteiger partial charge on any atom is -0.497 e. The van der Waals surface area contributed by atoms with Gasteiger partial charge in [0.25, 0.3) is 0 Å². The second-order valence-corrected chi connectivity index (χ2v) is 7.37. The number of nitrogens with two attached hydrogens (primary N) is 1. The molecule has 0 aliphatic rings. The van der Waals surface area contributed by atoms with Crippen LogP contribution in [0, 0.1) is 3.57 Å². The summed E-state index contributed by atoms with van der Waals surface area (Å²) in [5.74, 6) is 1.75. The minimum absolute atomic E-state index is 0.378. The van der Waals surface area contributed by atoms with Gasteiger partial charge in [0.1, 0.15) is 23.6 Å². The standard InChI is InChI=1S/C21H17IN4O2/c1-27-15-7-13(8-16(9-15)28-2)17-10-18(12-3-5-14(22)6-4-12)26-21-19(17)20(23)24-11-25-21/h3-11H,1-2H3,(H2,23,24,25,26). The van der Waals surface area contributed by atoms with E-state index < -0.39 is 0 Å². The van der Waals surface area contributed by atoms with Gasteiger partial charge in [-0.05, 0) is 64.0 Å². The molecule has 6 nitrogen and oxygen atoms in total. The van der Waals surface area contributed by atoms with Gasteiger partial charge in [0.15, 0.2) is 5.65 Å². The quantitative estimate of drug-likeness (QED) is 0.428. The molecular weight excluding hydrogens is 467 g/mol. The summed E-state index contributed by atoms with van der Waals surface area (Å²) in [5, 5.41) is 0.701. The Morgan fingerprint density at radius 3 is 2.18 bits per heavy atom. The summed E-state index contributed by atoms with van der Waals surface area (Å²) in [5.41, 5.74) is 10.3. The predicted octanol–water partition coefficient (Wildman–Crippen LogP) is 4.56. The Kier molecular flexibility index (Phi) is 4.99. The fourth-order valence-corrected chi connectivity index (χ4v) is 3.41. The number of hydrogen-bond acceptors (Lipinski definition) is 6. The van der Waals surface area contributed by atoms with E-state index in [-0.39, 0.29) is 0 Å². The predicted molar refractivity (Wildman–Crippen MR) is 118 cm³/mol. The van der Waals surface area contributed by atoms with E-state index in [0.29, 0.717) is 28.4 Å². The first-order valence-electron chi connectivity index (χ1n) is 8.49. The summed E-state index contributed by atoms with van der Waals surface area (Å²) < 4.78 is 12.0. The molecule has 0 atom stereocenters. The van der Waals surface area contributed by atoms with Crippen molar-refractivity contribution in [1.29, 1.82) is 0 Å². The summed E-state index contributed by atoms with van der Waals surface area (Å²) in [4.78, 5) is 13.2. The average molecular weight is 484 g/mol. The summed E-state index contributed by atoms with van der Waals surface area (Å²) in [7, 11) is 3.25. The van der Waals surface area contributed by atoms with Gasteiger partial charge in [-0.2, -0.15) is 0 Å². The molecule has 2 aromatic carbocycles. The van der Waals surface area contributed by atoms with Crippen LogP contribution in [0.4, 0.5) is 5.82 Å². The van der Waals surface area contributed by atoms with Crippen molar-refractivity contribution in [1.82, 2.24) is 15.0 Å². The third-order valence-corrected chi connectivity index (χ3v) is 5.15. The molecule has 0 saturated heterocycles. The fraction of sp³-hybridized carbons (Fsp3) is 0.0952. The molecule has 2 N–H and O–H groups in total. The number of hydrogen-bond donors (Lipinski definition) is 1. The Morgan fingerprint density at radius 2 is 1.54 bits per heavy atom. The zero-order valence-corrected chi connectivity index (χ0v) is 17.5. The number of methoxy groups -OCH3 is 2. The first-order chi connectivity index (χ1) is 13.6. The molecule has 0 spiro atoms. The van der Waals surface area contributed by atoms with Crippen molar-refractivity contribution >= 4 is 39.4 Å². The van der Waals surface area contributed by atoms with Gasteiger partial charge in [-0.3, -0.25) is 0 Å². The van der Waals surface area contributed by atoms with Crippen LogP contribution in [0.5, 0.6) is 11.5 Å². The highest BCUT2D eigenvalue weighted by molar-refractivity contribution is 14.1. The molecule has 0 bridgehead atoms. The molecule has 140 valence electrons. The average Bonchev–Trinajstić information content (AvgIpc) is 2.73. The van der Waals surface area contributed by atoms with Crippen LogP contribution in [0.2, 0.25) is 0 Å². The molecule has 0 radical (unpaired) electrons. The van der Waals surface area contributed by atoms with Gasteiger partial charge in [0.05, 0.1) is 25.3 Å². The van der Waals surface area contributed by atoms with Crippen LogP contribution in [0.25, 0.3) is 33.4 Å². The van der Waals surface area contributed by atoms with Crippen LogP contribution in [-0.2, 0) is 0 Å². The monoisotopic (exact) mass is 484 g/mol. The molecule has 0 amide bonds. The Bertz CT molecular complexity index is 1140. The molecule has 0 aliphatic heterocycles. The molecular formula is C21H17IN4O2. The van der Waals surface area contributed by atoms with Crippen LogP contribution in [-0.4, -0.2) is 29.2 Å². The molecule has 0 saturated carbocycles. The number of anilines is 1. The number of ether oxygens (including phenoxy) is 2. The van der Waals surface area contributed by atoms with Gasteiger partial charge in [0.2, 0.25) is 0 Å². The molecule has 0 unspecified atom stereocenters. The Morgan fingerprint density at radius 1 is 0.857 bits per heavy atom. The molecule has 28 heavy (non-hydrogen) atoms. The van der Waals surface area contributed by atoms with E-state index >= 15 is 0 Å². The lowest BCUT2D eigenvalue weighted by molar-refractivity contribution is 0.394. The highest BCUT2D eigenvalue weighted by Gasteiger charge is 2.15. The third kappa shape index (κ3) is 3.45. The van der Waals surface area contributed by atoms with Crippen molar-refractivity contribution < 1.29 is 9.47 Å². The zero-order valence-electron chi connectivity index (χ0n) is 15.3. The maximum absolute atomic E-state index is 6.19. The molecule has 4 aromatic rings. The number of halogens is 1. The van der Waals surface area contributed by atoms with E-state index in [9.17, 15) is 0 Å². The number of aromatic nitrogens is 3. The summed E-state index contributed by atoms with van der Waals surface area (Å²) in [6.45, 7) is 0. The second kappa shape index (κ2) is 7.59. The van der Waals surface area contributed by atoms with Gasteiger partial charge in [-0.25, -0.2) is 15.0 Å². The Balaban J connectivity index is 2.02. The Labute approximate surface area is 175 Å². The topological polar surface area (TPSA) is 83.2 Å². The highest BCUT2D eigenvalue weighted by Crippen LogP contribution is 2.37. The number of nitrogens with zero attached hydrogens (tertiary/aromatic N) is 3.